The molecule has 0 aliphatic carbocycles. The van der Waals surface area contributed by atoms with Crippen molar-refractivity contribution in [3.8, 4) is 0 Å². The van der Waals surface area contributed by atoms with Crippen LogP contribution in [-0.2, 0) is 14.3 Å². The third kappa shape index (κ3) is 2.48. The maximum absolute atomic E-state index is 12.6. The Kier molecular flexibility index (Phi) is 3.85. The second kappa shape index (κ2) is 5.12. The molecule has 19 heavy (non-hydrogen) atoms. The Morgan fingerprint density at radius 2 is 2.16 bits per heavy atom. The molecule has 0 aromatic carbocycles. The average Bonchev–Trinajstić information content (AvgIpc) is 2.85. The highest BCUT2D eigenvalue weighted by Crippen LogP contribution is 2.28. The third-order valence-electron chi connectivity index (χ3n) is 4.32. The zero-order valence-electron chi connectivity index (χ0n) is 12.2. The lowest BCUT2D eigenvalue weighted by atomic mass is 9.90. The van der Waals surface area contributed by atoms with Crippen molar-refractivity contribution in [2.24, 2.45) is 5.92 Å². The molecule has 2 fully saturated rings. The molecule has 0 aromatic heterocycles. The SMILES string of the molecule is CCC1C(=O)NC(C)(C)C(=O)N1C(C)C1CCOC1. The Labute approximate surface area is 114 Å². The smallest absolute Gasteiger partial charge is 0.248 e. The van der Waals surface area contributed by atoms with Crippen LogP contribution in [0.25, 0.3) is 0 Å². The van der Waals surface area contributed by atoms with E-state index in [1.54, 1.807) is 18.7 Å². The van der Waals surface area contributed by atoms with Gasteiger partial charge in [0, 0.05) is 18.6 Å². The number of hydrogen-bond acceptors (Lipinski definition) is 3. The summed E-state index contributed by atoms with van der Waals surface area (Å²) >= 11 is 0. The molecule has 5 nitrogen and oxygen atoms in total. The first-order valence-corrected chi connectivity index (χ1v) is 7.11. The van der Waals surface area contributed by atoms with Crippen molar-refractivity contribution in [1.82, 2.24) is 10.2 Å². The normalized spacial score (nSPS) is 32.3. The molecule has 0 radical (unpaired) electrons. The van der Waals surface area contributed by atoms with Crippen LogP contribution in [0.4, 0.5) is 0 Å². The highest BCUT2D eigenvalue weighted by atomic mass is 16.5. The van der Waals surface area contributed by atoms with Gasteiger partial charge in [0.05, 0.1) is 6.61 Å². The van der Waals surface area contributed by atoms with E-state index < -0.39 is 5.54 Å². The number of nitrogens with zero attached hydrogens (tertiary/aromatic N) is 1. The minimum Gasteiger partial charge on any atom is -0.381 e. The molecule has 0 saturated carbocycles. The second-order valence-corrected chi connectivity index (χ2v) is 6.11. The van der Waals surface area contributed by atoms with Gasteiger partial charge >= 0.3 is 0 Å². The van der Waals surface area contributed by atoms with E-state index in [0.717, 1.165) is 13.0 Å². The summed E-state index contributed by atoms with van der Waals surface area (Å²) in [6.45, 7) is 8.95. The van der Waals surface area contributed by atoms with Gasteiger partial charge in [0.25, 0.3) is 0 Å². The van der Waals surface area contributed by atoms with Crippen molar-refractivity contribution < 1.29 is 14.3 Å². The zero-order chi connectivity index (χ0) is 14.2. The lowest BCUT2D eigenvalue weighted by Gasteiger charge is -2.46. The summed E-state index contributed by atoms with van der Waals surface area (Å²) in [5, 5.41) is 2.82. The maximum atomic E-state index is 12.6. The highest BCUT2D eigenvalue weighted by molar-refractivity contribution is 5.99. The van der Waals surface area contributed by atoms with Crippen LogP contribution in [-0.4, -0.2) is 47.6 Å². The van der Waals surface area contributed by atoms with Gasteiger partial charge in [-0.15, -0.1) is 0 Å². The molecule has 1 N–H and O–H groups in total. The molecule has 0 spiro atoms. The number of rotatable bonds is 3. The molecule has 108 valence electrons. The van der Waals surface area contributed by atoms with E-state index in [-0.39, 0.29) is 23.9 Å². The van der Waals surface area contributed by atoms with Gasteiger partial charge in [-0.05, 0) is 33.6 Å². The predicted octanol–water partition coefficient (Wildman–Crippen LogP) is 0.927. The Balaban J connectivity index is 2.26. The van der Waals surface area contributed by atoms with Crippen molar-refractivity contribution in [2.75, 3.05) is 13.2 Å². The lowest BCUT2D eigenvalue weighted by molar-refractivity contribution is -0.157. The first-order chi connectivity index (χ1) is 8.88. The highest BCUT2D eigenvalue weighted by Gasteiger charge is 2.47. The van der Waals surface area contributed by atoms with Crippen molar-refractivity contribution in [1.29, 1.82) is 0 Å². The van der Waals surface area contributed by atoms with E-state index in [1.807, 2.05) is 13.8 Å². The van der Waals surface area contributed by atoms with Crippen LogP contribution in [0.3, 0.4) is 0 Å². The van der Waals surface area contributed by atoms with E-state index >= 15 is 0 Å². The molecule has 2 rings (SSSR count). The van der Waals surface area contributed by atoms with Gasteiger partial charge in [0.2, 0.25) is 11.8 Å². The van der Waals surface area contributed by atoms with Crippen LogP contribution < -0.4 is 5.32 Å². The van der Waals surface area contributed by atoms with E-state index in [4.69, 9.17) is 4.74 Å². The number of carbonyl (C=O) groups excluding carboxylic acids is 2. The second-order valence-electron chi connectivity index (χ2n) is 6.11. The summed E-state index contributed by atoms with van der Waals surface area (Å²) in [6.07, 6.45) is 1.61. The molecule has 2 heterocycles. The number of piperazine rings is 1. The number of ether oxygens (including phenoxy) is 1. The van der Waals surface area contributed by atoms with Gasteiger partial charge < -0.3 is 15.0 Å². The van der Waals surface area contributed by atoms with Crippen LogP contribution in [0.2, 0.25) is 0 Å². The number of hydrogen-bond donors (Lipinski definition) is 1. The van der Waals surface area contributed by atoms with Crippen LogP contribution in [0.15, 0.2) is 0 Å². The van der Waals surface area contributed by atoms with Crippen LogP contribution in [0.1, 0.15) is 40.5 Å². The van der Waals surface area contributed by atoms with Crippen molar-refractivity contribution >= 4 is 11.8 Å². The summed E-state index contributed by atoms with van der Waals surface area (Å²) in [6, 6.07) is -0.304. The molecule has 2 aliphatic rings. The topological polar surface area (TPSA) is 58.6 Å². The van der Waals surface area contributed by atoms with Crippen molar-refractivity contribution in [3.63, 3.8) is 0 Å². The Bertz CT molecular complexity index is 375. The van der Waals surface area contributed by atoms with Crippen molar-refractivity contribution in [2.45, 2.75) is 58.2 Å². The lowest BCUT2D eigenvalue weighted by Crippen LogP contribution is -2.70. The fraction of sp³-hybridized carbons (Fsp3) is 0.857. The van der Waals surface area contributed by atoms with E-state index in [0.29, 0.717) is 18.9 Å². The summed E-state index contributed by atoms with van der Waals surface area (Å²) in [5.74, 6) is 0.302. The predicted molar refractivity (Wildman–Crippen MR) is 71.5 cm³/mol. The van der Waals surface area contributed by atoms with Gasteiger partial charge in [-0.25, -0.2) is 0 Å². The van der Waals surface area contributed by atoms with Gasteiger partial charge in [-0.2, -0.15) is 0 Å². The first kappa shape index (κ1) is 14.3. The minimum atomic E-state index is -0.809. The van der Waals surface area contributed by atoms with E-state index in [9.17, 15) is 9.59 Å². The summed E-state index contributed by atoms with van der Waals surface area (Å²) in [4.78, 5) is 26.6. The zero-order valence-corrected chi connectivity index (χ0v) is 12.2. The summed E-state index contributed by atoms with van der Waals surface area (Å²) in [5.41, 5.74) is -0.809. The molecule has 3 atom stereocenters. The summed E-state index contributed by atoms with van der Waals surface area (Å²) < 4.78 is 5.41. The molecule has 5 heteroatoms. The van der Waals surface area contributed by atoms with Crippen LogP contribution in [0, 0.1) is 5.92 Å². The number of nitrogens with one attached hydrogen (secondary N) is 1. The molecule has 2 aliphatic heterocycles. The Morgan fingerprint density at radius 3 is 2.68 bits per heavy atom. The summed E-state index contributed by atoms with van der Waals surface area (Å²) in [7, 11) is 0. The molecular formula is C14H24N2O3. The number of amides is 2. The third-order valence-corrected chi connectivity index (χ3v) is 4.32. The molecule has 0 aromatic rings. The average molecular weight is 268 g/mol. The van der Waals surface area contributed by atoms with E-state index in [1.165, 1.54) is 0 Å². The maximum Gasteiger partial charge on any atom is 0.248 e. The monoisotopic (exact) mass is 268 g/mol. The van der Waals surface area contributed by atoms with Crippen LogP contribution in [0.5, 0.6) is 0 Å². The Hall–Kier alpha value is -1.10. The fourth-order valence-corrected chi connectivity index (χ4v) is 3.05. The quantitative estimate of drug-likeness (QED) is 0.828. The van der Waals surface area contributed by atoms with Crippen molar-refractivity contribution in [3.05, 3.63) is 0 Å². The van der Waals surface area contributed by atoms with Gasteiger partial charge in [-0.3, -0.25) is 9.59 Å². The van der Waals surface area contributed by atoms with Gasteiger partial charge in [-0.1, -0.05) is 6.92 Å². The van der Waals surface area contributed by atoms with E-state index in [2.05, 4.69) is 5.32 Å². The molecule has 0 bridgehead atoms. The Morgan fingerprint density at radius 1 is 1.47 bits per heavy atom. The molecular weight excluding hydrogens is 244 g/mol. The minimum absolute atomic E-state index is 0.0124. The largest absolute Gasteiger partial charge is 0.381 e. The molecule has 2 saturated heterocycles. The number of carbonyl (C=O) groups is 2. The standard InChI is InChI=1S/C14H24N2O3/c1-5-11-12(17)15-14(3,4)13(18)16(11)9(2)10-6-7-19-8-10/h9-11H,5-8H2,1-4H3,(H,15,17). The van der Waals surface area contributed by atoms with Gasteiger partial charge in [0.1, 0.15) is 11.6 Å². The fourth-order valence-electron chi connectivity index (χ4n) is 3.05. The molecule has 3 unspecified atom stereocenters. The van der Waals surface area contributed by atoms with Gasteiger partial charge in [0.15, 0.2) is 0 Å². The van der Waals surface area contributed by atoms with Crippen LogP contribution >= 0.6 is 0 Å². The first-order valence-electron chi connectivity index (χ1n) is 7.11. The molecule has 2 amide bonds.